The molecule has 0 saturated carbocycles. The molecule has 5 heteroatoms. The van der Waals surface area contributed by atoms with E-state index >= 15 is 0 Å². The number of halogens is 3. The molecular formula is C9H16F3NO. The second-order valence-corrected chi connectivity index (χ2v) is 2.78. The molecule has 1 N–H and O–H groups in total. The van der Waals surface area contributed by atoms with Crippen molar-refractivity contribution in [3.05, 3.63) is 12.2 Å². The van der Waals surface area contributed by atoms with Crippen molar-refractivity contribution in [2.45, 2.75) is 19.5 Å². The van der Waals surface area contributed by atoms with Gasteiger partial charge in [-0.05, 0) is 19.9 Å². The van der Waals surface area contributed by atoms with Gasteiger partial charge in [-0.15, -0.1) is 0 Å². The third kappa shape index (κ3) is 11.4. The van der Waals surface area contributed by atoms with Crippen LogP contribution >= 0.6 is 0 Å². The lowest BCUT2D eigenvalue weighted by Crippen LogP contribution is -2.24. The summed E-state index contributed by atoms with van der Waals surface area (Å²) in [6.45, 7) is 2.07. The average Bonchev–Trinajstić information content (AvgIpc) is 2.08. The van der Waals surface area contributed by atoms with Crippen LogP contribution in [0.15, 0.2) is 12.2 Å². The Morgan fingerprint density at radius 1 is 1.29 bits per heavy atom. The molecule has 0 aliphatic heterocycles. The van der Waals surface area contributed by atoms with Crippen molar-refractivity contribution < 1.29 is 17.9 Å². The standard InChI is InChI=1S/C9H16F3NO/c1-2-3-4-5-13-6-7-14-8-9(10,11)12/h2-3,13H,4-8H2,1H3/b3-2+. The number of ether oxygens (including phenoxy) is 1. The van der Waals surface area contributed by atoms with E-state index in [0.717, 1.165) is 13.0 Å². The molecule has 0 radical (unpaired) electrons. The van der Waals surface area contributed by atoms with Crippen LogP contribution in [-0.2, 0) is 4.74 Å². The molecule has 0 amide bonds. The van der Waals surface area contributed by atoms with E-state index in [1.807, 2.05) is 19.1 Å². The average molecular weight is 211 g/mol. The molecule has 0 saturated heterocycles. The van der Waals surface area contributed by atoms with Crippen LogP contribution in [-0.4, -0.2) is 32.5 Å². The number of allylic oxidation sites excluding steroid dienone is 1. The summed E-state index contributed by atoms with van der Waals surface area (Å²) >= 11 is 0. The Bertz CT molecular complexity index is 157. The van der Waals surface area contributed by atoms with E-state index in [9.17, 15) is 13.2 Å². The largest absolute Gasteiger partial charge is 0.411 e. The van der Waals surface area contributed by atoms with Crippen molar-refractivity contribution in [1.82, 2.24) is 5.32 Å². The summed E-state index contributed by atoms with van der Waals surface area (Å²) < 4.78 is 39.1. The van der Waals surface area contributed by atoms with Gasteiger partial charge in [-0.3, -0.25) is 0 Å². The minimum Gasteiger partial charge on any atom is -0.371 e. The van der Waals surface area contributed by atoms with Gasteiger partial charge in [0.15, 0.2) is 0 Å². The molecule has 0 rings (SSSR count). The van der Waals surface area contributed by atoms with Gasteiger partial charge in [0, 0.05) is 6.54 Å². The minimum atomic E-state index is -4.22. The van der Waals surface area contributed by atoms with Crippen LogP contribution in [0.4, 0.5) is 13.2 Å². The highest BCUT2D eigenvalue weighted by molar-refractivity contribution is 4.77. The maximum Gasteiger partial charge on any atom is 0.411 e. The number of alkyl halides is 3. The molecule has 84 valence electrons. The molecule has 0 bridgehead atoms. The first kappa shape index (κ1) is 13.4. The summed E-state index contributed by atoms with van der Waals surface area (Å²) in [5.74, 6) is 0. The van der Waals surface area contributed by atoms with E-state index in [-0.39, 0.29) is 6.61 Å². The van der Waals surface area contributed by atoms with Gasteiger partial charge in [0.2, 0.25) is 0 Å². The molecule has 0 aliphatic rings. The first-order chi connectivity index (χ1) is 6.56. The second kappa shape index (κ2) is 7.82. The van der Waals surface area contributed by atoms with Crippen molar-refractivity contribution in [3.63, 3.8) is 0 Å². The Balaban J connectivity index is 3.07. The van der Waals surface area contributed by atoms with Gasteiger partial charge >= 0.3 is 6.18 Å². The van der Waals surface area contributed by atoms with Crippen molar-refractivity contribution in [2.75, 3.05) is 26.3 Å². The highest BCUT2D eigenvalue weighted by atomic mass is 19.4. The molecule has 0 aliphatic carbocycles. The molecule has 0 spiro atoms. The van der Waals surface area contributed by atoms with Crippen LogP contribution in [0.1, 0.15) is 13.3 Å². The smallest absolute Gasteiger partial charge is 0.371 e. The fraction of sp³-hybridized carbons (Fsp3) is 0.778. The van der Waals surface area contributed by atoms with Crippen LogP contribution in [0.2, 0.25) is 0 Å². The number of rotatable bonds is 7. The van der Waals surface area contributed by atoms with Gasteiger partial charge in [0.1, 0.15) is 6.61 Å². The first-order valence-corrected chi connectivity index (χ1v) is 4.52. The van der Waals surface area contributed by atoms with Crippen molar-refractivity contribution in [3.8, 4) is 0 Å². The Hall–Kier alpha value is -0.550. The van der Waals surface area contributed by atoms with Gasteiger partial charge in [-0.1, -0.05) is 12.2 Å². The van der Waals surface area contributed by atoms with Crippen LogP contribution < -0.4 is 5.32 Å². The summed E-state index contributed by atoms with van der Waals surface area (Å²) in [4.78, 5) is 0. The maximum absolute atomic E-state index is 11.6. The second-order valence-electron chi connectivity index (χ2n) is 2.78. The molecular weight excluding hydrogens is 195 g/mol. The summed E-state index contributed by atoms with van der Waals surface area (Å²) in [5.41, 5.74) is 0. The first-order valence-electron chi connectivity index (χ1n) is 4.52. The molecule has 0 aromatic heterocycles. The van der Waals surface area contributed by atoms with E-state index in [2.05, 4.69) is 10.1 Å². The molecule has 0 aromatic rings. The summed E-state index contributed by atoms with van der Waals surface area (Å²) in [7, 11) is 0. The highest BCUT2D eigenvalue weighted by Gasteiger charge is 2.26. The van der Waals surface area contributed by atoms with Crippen LogP contribution in [0.25, 0.3) is 0 Å². The van der Waals surface area contributed by atoms with E-state index in [1.54, 1.807) is 0 Å². The SMILES string of the molecule is C/C=C/CCNCCOCC(F)(F)F. The fourth-order valence-corrected chi connectivity index (χ4v) is 0.809. The van der Waals surface area contributed by atoms with E-state index in [1.165, 1.54) is 0 Å². The predicted octanol–water partition coefficient (Wildman–Crippen LogP) is 2.12. The molecule has 0 atom stereocenters. The van der Waals surface area contributed by atoms with Gasteiger partial charge < -0.3 is 10.1 Å². The molecule has 0 aromatic carbocycles. The summed E-state index contributed by atoms with van der Waals surface area (Å²) in [6.07, 6.45) is 0.589. The van der Waals surface area contributed by atoms with E-state index < -0.39 is 12.8 Å². The Kier molecular flexibility index (Phi) is 7.51. The third-order valence-corrected chi connectivity index (χ3v) is 1.41. The van der Waals surface area contributed by atoms with Crippen molar-refractivity contribution >= 4 is 0 Å². The highest BCUT2D eigenvalue weighted by Crippen LogP contribution is 2.13. The van der Waals surface area contributed by atoms with E-state index in [4.69, 9.17) is 0 Å². The van der Waals surface area contributed by atoms with Crippen LogP contribution in [0.3, 0.4) is 0 Å². The van der Waals surface area contributed by atoms with Crippen molar-refractivity contribution in [2.24, 2.45) is 0 Å². The zero-order valence-electron chi connectivity index (χ0n) is 8.23. The van der Waals surface area contributed by atoms with Crippen LogP contribution in [0.5, 0.6) is 0 Å². The third-order valence-electron chi connectivity index (χ3n) is 1.41. The lowest BCUT2D eigenvalue weighted by molar-refractivity contribution is -0.173. The fourth-order valence-electron chi connectivity index (χ4n) is 0.809. The number of hydrogen-bond acceptors (Lipinski definition) is 2. The molecule has 14 heavy (non-hydrogen) atoms. The topological polar surface area (TPSA) is 21.3 Å². The van der Waals surface area contributed by atoms with Gasteiger partial charge in [0.25, 0.3) is 0 Å². The predicted molar refractivity (Wildman–Crippen MR) is 49.2 cm³/mol. The molecule has 0 fully saturated rings. The van der Waals surface area contributed by atoms with Gasteiger partial charge in [-0.2, -0.15) is 13.2 Å². The summed E-state index contributed by atoms with van der Waals surface area (Å²) in [6, 6.07) is 0. The Morgan fingerprint density at radius 3 is 2.57 bits per heavy atom. The maximum atomic E-state index is 11.6. The monoisotopic (exact) mass is 211 g/mol. The molecule has 0 unspecified atom stereocenters. The van der Waals surface area contributed by atoms with E-state index in [0.29, 0.717) is 6.54 Å². The van der Waals surface area contributed by atoms with Crippen molar-refractivity contribution in [1.29, 1.82) is 0 Å². The number of hydrogen-bond donors (Lipinski definition) is 1. The quantitative estimate of drug-likeness (QED) is 0.514. The molecule has 2 nitrogen and oxygen atoms in total. The zero-order valence-corrected chi connectivity index (χ0v) is 8.23. The van der Waals surface area contributed by atoms with Gasteiger partial charge in [0.05, 0.1) is 6.61 Å². The lowest BCUT2D eigenvalue weighted by atomic mass is 10.4. The number of nitrogens with one attached hydrogen (secondary N) is 1. The molecule has 0 heterocycles. The normalized spacial score (nSPS) is 12.6. The Labute approximate surface area is 82.1 Å². The Morgan fingerprint density at radius 2 is 2.00 bits per heavy atom. The summed E-state index contributed by atoms with van der Waals surface area (Å²) in [5, 5.41) is 2.96. The van der Waals surface area contributed by atoms with Gasteiger partial charge in [-0.25, -0.2) is 0 Å². The zero-order chi connectivity index (χ0) is 10.9. The minimum absolute atomic E-state index is 0.0926. The van der Waals surface area contributed by atoms with Crippen LogP contribution in [0, 0.1) is 0 Å². The lowest BCUT2D eigenvalue weighted by Gasteiger charge is -2.07.